The summed E-state index contributed by atoms with van der Waals surface area (Å²) in [6, 6.07) is 8.93. The Labute approximate surface area is 170 Å². The van der Waals surface area contributed by atoms with Gasteiger partial charge in [-0.2, -0.15) is 0 Å². The van der Waals surface area contributed by atoms with Crippen LogP contribution in [0.15, 0.2) is 24.3 Å². The van der Waals surface area contributed by atoms with E-state index in [2.05, 4.69) is 48.0 Å². The minimum absolute atomic E-state index is 0.685. The van der Waals surface area contributed by atoms with Crippen LogP contribution in [0.2, 0.25) is 0 Å². The Morgan fingerprint density at radius 2 is 1.86 bits per heavy atom. The van der Waals surface area contributed by atoms with Gasteiger partial charge in [-0.15, -0.1) is 0 Å². The van der Waals surface area contributed by atoms with Crippen LogP contribution >= 0.6 is 0 Å². The number of likely N-dealkylation sites (tertiary alicyclic amines) is 1. The number of rotatable bonds is 9. The van der Waals surface area contributed by atoms with E-state index in [1.807, 2.05) is 0 Å². The predicted octanol–water partition coefficient (Wildman–Crippen LogP) is 4.90. The van der Waals surface area contributed by atoms with Crippen LogP contribution in [0, 0.1) is 6.92 Å². The van der Waals surface area contributed by atoms with Gasteiger partial charge in [0, 0.05) is 18.7 Å². The Balaban J connectivity index is 1.77. The van der Waals surface area contributed by atoms with Gasteiger partial charge in [0.2, 0.25) is 0 Å². The lowest BCUT2D eigenvalue weighted by molar-refractivity contribution is 0.330. The maximum atomic E-state index is 6.18. The van der Waals surface area contributed by atoms with Crippen LogP contribution in [0.25, 0.3) is 0 Å². The molecule has 0 aliphatic carbocycles. The van der Waals surface area contributed by atoms with E-state index in [0.29, 0.717) is 5.82 Å². The molecule has 0 bridgehead atoms. The van der Waals surface area contributed by atoms with Crippen LogP contribution in [0.5, 0.6) is 5.75 Å². The van der Waals surface area contributed by atoms with Gasteiger partial charge in [-0.3, -0.25) is 4.90 Å². The van der Waals surface area contributed by atoms with E-state index >= 15 is 0 Å². The number of hydrogen-bond donors (Lipinski definition) is 1. The molecule has 0 atom stereocenters. The molecular formula is C24H35N3O. The molecule has 1 saturated heterocycles. The first kappa shape index (κ1) is 20.7. The molecule has 0 saturated carbocycles. The summed E-state index contributed by atoms with van der Waals surface area (Å²) in [5.41, 5.74) is 12.2. The highest BCUT2D eigenvalue weighted by Crippen LogP contribution is 2.27. The summed E-state index contributed by atoms with van der Waals surface area (Å²) in [4.78, 5) is 7.14. The van der Waals surface area contributed by atoms with Crippen molar-refractivity contribution < 1.29 is 4.74 Å². The minimum atomic E-state index is 0.685. The first-order valence-corrected chi connectivity index (χ1v) is 10.7. The number of nitrogens with zero attached hydrogens (tertiary/aromatic N) is 2. The van der Waals surface area contributed by atoms with Crippen molar-refractivity contribution in [3.05, 3.63) is 52.2 Å². The molecule has 1 fully saturated rings. The standard InChI is InChI=1S/C24H35N3O/c1-4-5-6-9-21-16-22(18(2)26-24(21)25)15-20-11-10-19(14-23(20)28-3)17-27-12-7-8-13-27/h10-11,14,16H,4-9,12-13,15,17H2,1-3H3,(H2,25,26). The fourth-order valence-electron chi connectivity index (χ4n) is 4.10. The summed E-state index contributed by atoms with van der Waals surface area (Å²) >= 11 is 0. The van der Waals surface area contributed by atoms with Gasteiger partial charge in [-0.1, -0.05) is 38.0 Å². The third kappa shape index (κ3) is 5.26. The Morgan fingerprint density at radius 1 is 1.07 bits per heavy atom. The molecule has 2 N–H and O–H groups in total. The number of nitrogen functional groups attached to an aromatic ring is 1. The van der Waals surface area contributed by atoms with Gasteiger partial charge in [0.15, 0.2) is 0 Å². The Morgan fingerprint density at radius 3 is 2.57 bits per heavy atom. The van der Waals surface area contributed by atoms with Crippen LogP contribution in [0.3, 0.4) is 0 Å². The Kier molecular flexibility index (Phi) is 7.32. The zero-order chi connectivity index (χ0) is 19.9. The monoisotopic (exact) mass is 381 g/mol. The number of unbranched alkanes of at least 4 members (excludes halogenated alkanes) is 2. The largest absolute Gasteiger partial charge is 0.496 e. The number of methoxy groups -OCH3 is 1. The first-order chi connectivity index (χ1) is 13.6. The molecule has 0 amide bonds. The van der Waals surface area contributed by atoms with E-state index < -0.39 is 0 Å². The van der Waals surface area contributed by atoms with Gasteiger partial charge in [0.1, 0.15) is 11.6 Å². The summed E-state index contributed by atoms with van der Waals surface area (Å²) < 4.78 is 5.73. The molecular weight excluding hydrogens is 346 g/mol. The number of pyridine rings is 1. The number of aryl methyl sites for hydroxylation is 2. The number of anilines is 1. The Bertz CT molecular complexity index is 782. The number of nitrogens with two attached hydrogens (primary N) is 1. The average Bonchev–Trinajstić information content (AvgIpc) is 3.19. The second-order valence-electron chi connectivity index (χ2n) is 8.04. The zero-order valence-electron chi connectivity index (χ0n) is 17.8. The van der Waals surface area contributed by atoms with Gasteiger partial charge in [-0.05, 0) is 74.0 Å². The highest BCUT2D eigenvalue weighted by atomic mass is 16.5. The molecule has 1 aliphatic heterocycles. The fraction of sp³-hybridized carbons (Fsp3) is 0.542. The topological polar surface area (TPSA) is 51.4 Å². The number of ether oxygens (including phenoxy) is 1. The summed E-state index contributed by atoms with van der Waals surface area (Å²) in [5, 5.41) is 0. The second-order valence-corrected chi connectivity index (χ2v) is 8.04. The number of hydrogen-bond acceptors (Lipinski definition) is 4. The van der Waals surface area contributed by atoms with E-state index in [0.717, 1.165) is 30.8 Å². The number of benzene rings is 1. The van der Waals surface area contributed by atoms with Gasteiger partial charge in [0.05, 0.1) is 7.11 Å². The van der Waals surface area contributed by atoms with Crippen LogP contribution in [0.4, 0.5) is 5.82 Å². The molecule has 1 aromatic carbocycles. The van der Waals surface area contributed by atoms with E-state index in [-0.39, 0.29) is 0 Å². The van der Waals surface area contributed by atoms with Gasteiger partial charge >= 0.3 is 0 Å². The average molecular weight is 382 g/mol. The van der Waals surface area contributed by atoms with Crippen LogP contribution in [-0.2, 0) is 19.4 Å². The maximum absolute atomic E-state index is 6.18. The Hall–Kier alpha value is -2.07. The lowest BCUT2D eigenvalue weighted by Crippen LogP contribution is -2.18. The highest BCUT2D eigenvalue weighted by Gasteiger charge is 2.14. The number of aromatic nitrogens is 1. The van der Waals surface area contributed by atoms with Crippen LogP contribution in [0.1, 0.15) is 67.0 Å². The van der Waals surface area contributed by atoms with Gasteiger partial charge in [-0.25, -0.2) is 4.98 Å². The van der Waals surface area contributed by atoms with Crippen molar-refractivity contribution >= 4 is 5.82 Å². The molecule has 0 radical (unpaired) electrons. The summed E-state index contributed by atoms with van der Waals surface area (Å²) in [7, 11) is 1.77. The predicted molar refractivity (Wildman–Crippen MR) is 117 cm³/mol. The highest BCUT2D eigenvalue weighted by molar-refractivity contribution is 5.47. The van der Waals surface area contributed by atoms with Gasteiger partial charge in [0.25, 0.3) is 0 Å². The van der Waals surface area contributed by atoms with E-state index in [9.17, 15) is 0 Å². The van der Waals surface area contributed by atoms with Crippen molar-refractivity contribution in [3.63, 3.8) is 0 Å². The third-order valence-corrected chi connectivity index (χ3v) is 5.82. The summed E-state index contributed by atoms with van der Waals surface area (Å²) in [6.07, 6.45) is 8.08. The van der Waals surface area contributed by atoms with E-state index in [4.69, 9.17) is 10.5 Å². The second kappa shape index (κ2) is 9.92. The lowest BCUT2D eigenvalue weighted by atomic mass is 9.98. The maximum Gasteiger partial charge on any atom is 0.126 e. The van der Waals surface area contributed by atoms with Crippen molar-refractivity contribution in [2.45, 2.75) is 65.3 Å². The van der Waals surface area contributed by atoms with Crippen molar-refractivity contribution in [3.8, 4) is 5.75 Å². The van der Waals surface area contributed by atoms with E-state index in [1.54, 1.807) is 7.11 Å². The molecule has 0 spiro atoms. The molecule has 4 heteroatoms. The van der Waals surface area contributed by atoms with Crippen molar-refractivity contribution in [2.75, 3.05) is 25.9 Å². The van der Waals surface area contributed by atoms with Crippen molar-refractivity contribution in [1.29, 1.82) is 0 Å². The van der Waals surface area contributed by atoms with Crippen molar-refractivity contribution in [2.24, 2.45) is 0 Å². The quantitative estimate of drug-likeness (QED) is 0.628. The molecule has 0 unspecified atom stereocenters. The summed E-state index contributed by atoms with van der Waals surface area (Å²) in [6.45, 7) is 7.71. The molecule has 1 aliphatic rings. The molecule has 2 aromatic rings. The molecule has 3 rings (SSSR count). The van der Waals surface area contributed by atoms with Crippen LogP contribution in [-0.4, -0.2) is 30.1 Å². The molecule has 1 aromatic heterocycles. The smallest absolute Gasteiger partial charge is 0.126 e. The normalized spacial score (nSPS) is 14.5. The zero-order valence-corrected chi connectivity index (χ0v) is 17.8. The van der Waals surface area contributed by atoms with E-state index in [1.165, 1.54) is 67.4 Å². The van der Waals surface area contributed by atoms with Gasteiger partial charge < -0.3 is 10.5 Å². The molecule has 2 heterocycles. The minimum Gasteiger partial charge on any atom is -0.496 e. The molecule has 4 nitrogen and oxygen atoms in total. The SMILES string of the molecule is CCCCCc1cc(Cc2ccc(CN3CCCC3)cc2OC)c(C)nc1N. The molecule has 152 valence electrons. The molecule has 28 heavy (non-hydrogen) atoms. The lowest BCUT2D eigenvalue weighted by Gasteiger charge is -2.17. The van der Waals surface area contributed by atoms with Crippen molar-refractivity contribution in [1.82, 2.24) is 9.88 Å². The summed E-state index contributed by atoms with van der Waals surface area (Å²) in [5.74, 6) is 1.66. The first-order valence-electron chi connectivity index (χ1n) is 10.7. The third-order valence-electron chi connectivity index (χ3n) is 5.82. The fourth-order valence-corrected chi connectivity index (χ4v) is 4.10. The van der Waals surface area contributed by atoms with Crippen LogP contribution < -0.4 is 10.5 Å².